The van der Waals surface area contributed by atoms with Gasteiger partial charge in [0.2, 0.25) is 0 Å². The number of nitrogens with zero attached hydrogens (tertiary/aromatic N) is 1. The average molecular weight is 305 g/mol. The molecule has 0 bridgehead atoms. The van der Waals surface area contributed by atoms with E-state index in [1.165, 1.54) is 18.3 Å². The topological polar surface area (TPSA) is 12.9 Å². The summed E-state index contributed by atoms with van der Waals surface area (Å²) in [6.07, 6.45) is -8.92. The molecule has 0 spiro atoms. The van der Waals surface area contributed by atoms with Gasteiger partial charge in [0, 0.05) is 11.8 Å². The first-order chi connectivity index (χ1) is 9.60. The Hall–Kier alpha value is -2.05. The van der Waals surface area contributed by atoms with Gasteiger partial charge in [0.05, 0.1) is 16.8 Å². The van der Waals surface area contributed by atoms with Gasteiger partial charge >= 0.3 is 12.4 Å². The van der Waals surface area contributed by atoms with Gasteiger partial charge in [-0.1, -0.05) is 18.2 Å². The third-order valence-electron chi connectivity index (χ3n) is 2.84. The maximum atomic E-state index is 13.1. The number of alkyl halides is 6. The molecule has 0 aliphatic heterocycles. The van der Waals surface area contributed by atoms with Crippen molar-refractivity contribution in [1.29, 1.82) is 0 Å². The van der Waals surface area contributed by atoms with Gasteiger partial charge in [-0.3, -0.25) is 4.98 Å². The summed E-state index contributed by atoms with van der Waals surface area (Å²) in [6.45, 7) is 1.67. The first-order valence-electron chi connectivity index (χ1n) is 5.81. The summed E-state index contributed by atoms with van der Waals surface area (Å²) < 4.78 is 77.7. The summed E-state index contributed by atoms with van der Waals surface area (Å²) >= 11 is 0. The van der Waals surface area contributed by atoms with E-state index in [1.807, 2.05) is 0 Å². The standard InChI is InChI=1S/C14H9F6N/c1-8-5-6-11(21-7-8)9-3-2-4-10(13(15,16)17)12(9)14(18,19)20/h2-7H,1H3. The van der Waals surface area contributed by atoms with Crippen LogP contribution in [0.2, 0.25) is 0 Å². The van der Waals surface area contributed by atoms with Crippen molar-refractivity contribution < 1.29 is 26.3 Å². The van der Waals surface area contributed by atoms with Crippen LogP contribution in [0.5, 0.6) is 0 Å². The zero-order valence-corrected chi connectivity index (χ0v) is 10.7. The van der Waals surface area contributed by atoms with Crippen molar-refractivity contribution in [3.63, 3.8) is 0 Å². The second-order valence-corrected chi connectivity index (χ2v) is 4.44. The van der Waals surface area contributed by atoms with Crippen LogP contribution in [-0.4, -0.2) is 4.98 Å². The highest BCUT2D eigenvalue weighted by atomic mass is 19.4. The molecular formula is C14H9F6N. The lowest BCUT2D eigenvalue weighted by Gasteiger charge is -2.18. The smallest absolute Gasteiger partial charge is 0.256 e. The van der Waals surface area contributed by atoms with Crippen LogP contribution >= 0.6 is 0 Å². The fourth-order valence-electron chi connectivity index (χ4n) is 1.93. The van der Waals surface area contributed by atoms with Crippen molar-refractivity contribution in [1.82, 2.24) is 4.98 Å². The van der Waals surface area contributed by atoms with Crippen LogP contribution in [0, 0.1) is 6.92 Å². The normalized spacial score (nSPS) is 12.5. The molecule has 1 aromatic heterocycles. The third kappa shape index (κ3) is 3.17. The molecule has 0 atom stereocenters. The van der Waals surface area contributed by atoms with Gasteiger partial charge < -0.3 is 0 Å². The zero-order valence-electron chi connectivity index (χ0n) is 10.7. The molecule has 0 saturated heterocycles. The molecule has 0 fully saturated rings. The van der Waals surface area contributed by atoms with E-state index in [2.05, 4.69) is 4.98 Å². The molecule has 0 unspecified atom stereocenters. The van der Waals surface area contributed by atoms with Gasteiger partial charge in [-0.05, 0) is 24.6 Å². The Morgan fingerprint density at radius 1 is 0.857 bits per heavy atom. The van der Waals surface area contributed by atoms with E-state index < -0.39 is 29.0 Å². The average Bonchev–Trinajstić information content (AvgIpc) is 2.36. The number of pyridine rings is 1. The first kappa shape index (κ1) is 15.3. The maximum Gasteiger partial charge on any atom is 0.417 e. The second-order valence-electron chi connectivity index (χ2n) is 4.44. The third-order valence-corrected chi connectivity index (χ3v) is 2.84. The van der Waals surface area contributed by atoms with E-state index >= 15 is 0 Å². The van der Waals surface area contributed by atoms with Crippen LogP contribution < -0.4 is 0 Å². The molecule has 1 nitrogen and oxygen atoms in total. The summed E-state index contributed by atoms with van der Waals surface area (Å²) in [6, 6.07) is 5.09. The quantitative estimate of drug-likeness (QED) is 0.668. The van der Waals surface area contributed by atoms with Crippen molar-refractivity contribution in [3.8, 4) is 11.3 Å². The molecule has 0 aliphatic rings. The van der Waals surface area contributed by atoms with Gasteiger partial charge in [0.15, 0.2) is 0 Å². The predicted octanol–water partition coefficient (Wildman–Crippen LogP) is 5.09. The second kappa shape index (κ2) is 5.05. The minimum atomic E-state index is -5.13. The Bertz CT molecular complexity index is 640. The van der Waals surface area contributed by atoms with Crippen LogP contribution in [0.25, 0.3) is 11.3 Å². The summed E-state index contributed by atoms with van der Waals surface area (Å²) in [5, 5.41) is 0. The highest BCUT2D eigenvalue weighted by Crippen LogP contribution is 2.44. The van der Waals surface area contributed by atoms with Crippen molar-refractivity contribution in [2.24, 2.45) is 0 Å². The molecule has 0 radical (unpaired) electrons. The molecule has 0 aliphatic carbocycles. The Morgan fingerprint density at radius 2 is 1.52 bits per heavy atom. The molecule has 112 valence electrons. The molecular weight excluding hydrogens is 296 g/mol. The minimum Gasteiger partial charge on any atom is -0.256 e. The van der Waals surface area contributed by atoms with Crippen molar-refractivity contribution in [3.05, 3.63) is 53.2 Å². The van der Waals surface area contributed by atoms with E-state index in [9.17, 15) is 26.3 Å². The fourth-order valence-corrected chi connectivity index (χ4v) is 1.93. The SMILES string of the molecule is Cc1ccc(-c2cccc(C(F)(F)F)c2C(F)(F)F)nc1. The van der Waals surface area contributed by atoms with E-state index in [-0.39, 0.29) is 5.69 Å². The molecule has 7 heteroatoms. The van der Waals surface area contributed by atoms with Gasteiger partial charge in [0.1, 0.15) is 0 Å². The number of rotatable bonds is 1. The van der Waals surface area contributed by atoms with E-state index in [0.717, 1.165) is 12.1 Å². The lowest BCUT2D eigenvalue weighted by atomic mass is 9.97. The number of hydrogen-bond acceptors (Lipinski definition) is 1. The number of benzene rings is 1. The van der Waals surface area contributed by atoms with E-state index in [0.29, 0.717) is 11.6 Å². The first-order valence-corrected chi connectivity index (χ1v) is 5.81. The summed E-state index contributed by atoms with van der Waals surface area (Å²) in [5.74, 6) is 0. The minimum absolute atomic E-state index is 0.154. The maximum absolute atomic E-state index is 13.1. The fraction of sp³-hybridized carbons (Fsp3) is 0.214. The molecule has 2 aromatic rings. The van der Waals surface area contributed by atoms with Gasteiger partial charge in [-0.25, -0.2) is 0 Å². The molecule has 0 N–H and O–H groups in total. The zero-order chi connectivity index (χ0) is 15.8. The van der Waals surface area contributed by atoms with Crippen LogP contribution in [0.3, 0.4) is 0 Å². The Morgan fingerprint density at radius 3 is 2.00 bits per heavy atom. The Kier molecular flexibility index (Phi) is 3.69. The predicted molar refractivity (Wildman–Crippen MR) is 64.4 cm³/mol. The van der Waals surface area contributed by atoms with Crippen LogP contribution in [-0.2, 0) is 12.4 Å². The lowest BCUT2D eigenvalue weighted by molar-refractivity contribution is -0.161. The summed E-state index contributed by atoms with van der Waals surface area (Å²) in [4.78, 5) is 3.78. The monoisotopic (exact) mass is 305 g/mol. The molecule has 1 aromatic carbocycles. The van der Waals surface area contributed by atoms with Gasteiger partial charge in [-0.15, -0.1) is 0 Å². The van der Waals surface area contributed by atoms with Crippen molar-refractivity contribution in [2.45, 2.75) is 19.3 Å². The van der Waals surface area contributed by atoms with Gasteiger partial charge in [-0.2, -0.15) is 26.3 Å². The molecule has 1 heterocycles. The van der Waals surface area contributed by atoms with Crippen LogP contribution in [0.15, 0.2) is 36.5 Å². The Balaban J connectivity index is 2.75. The lowest BCUT2D eigenvalue weighted by Crippen LogP contribution is -2.18. The van der Waals surface area contributed by atoms with E-state index in [4.69, 9.17) is 0 Å². The summed E-state index contributed by atoms with van der Waals surface area (Å²) in [5.41, 5.74) is -3.47. The number of hydrogen-bond donors (Lipinski definition) is 0. The summed E-state index contributed by atoms with van der Waals surface area (Å²) in [7, 11) is 0. The molecule has 0 amide bonds. The number of halogens is 6. The van der Waals surface area contributed by atoms with E-state index in [1.54, 1.807) is 6.92 Å². The highest BCUT2D eigenvalue weighted by molar-refractivity contribution is 5.66. The molecule has 0 saturated carbocycles. The molecule has 2 rings (SSSR count). The van der Waals surface area contributed by atoms with Gasteiger partial charge in [0.25, 0.3) is 0 Å². The Labute approximate surface area is 116 Å². The number of aryl methyl sites for hydroxylation is 1. The van der Waals surface area contributed by atoms with Crippen molar-refractivity contribution >= 4 is 0 Å². The van der Waals surface area contributed by atoms with Crippen LogP contribution in [0.4, 0.5) is 26.3 Å². The van der Waals surface area contributed by atoms with Crippen LogP contribution in [0.1, 0.15) is 16.7 Å². The van der Waals surface area contributed by atoms with Crippen molar-refractivity contribution in [2.75, 3.05) is 0 Å². The highest BCUT2D eigenvalue weighted by Gasteiger charge is 2.44. The largest absolute Gasteiger partial charge is 0.417 e. The molecule has 21 heavy (non-hydrogen) atoms. The number of aromatic nitrogens is 1.